The van der Waals surface area contributed by atoms with Crippen molar-refractivity contribution in [3.8, 4) is 5.88 Å². The van der Waals surface area contributed by atoms with Crippen LogP contribution in [0.2, 0.25) is 0 Å². The molecule has 118 valence electrons. The van der Waals surface area contributed by atoms with E-state index in [0.29, 0.717) is 16.9 Å². The van der Waals surface area contributed by atoms with Gasteiger partial charge in [0.1, 0.15) is 11.0 Å². The predicted molar refractivity (Wildman–Crippen MR) is 89.6 cm³/mol. The van der Waals surface area contributed by atoms with Crippen LogP contribution in [-0.4, -0.2) is 16.0 Å². The van der Waals surface area contributed by atoms with Gasteiger partial charge in [0.25, 0.3) is 0 Å². The normalized spacial score (nSPS) is 13.1. The summed E-state index contributed by atoms with van der Waals surface area (Å²) in [6.45, 7) is 1.45. The van der Waals surface area contributed by atoms with Gasteiger partial charge in [0, 0.05) is 23.6 Å². The van der Waals surface area contributed by atoms with Gasteiger partial charge in [-0.2, -0.15) is 0 Å². The largest absolute Gasteiger partial charge is 0.494 e. The first-order chi connectivity index (χ1) is 11.6. The molecule has 0 radical (unpaired) electrons. The van der Waals surface area contributed by atoms with Gasteiger partial charge in [0.15, 0.2) is 5.88 Å². The summed E-state index contributed by atoms with van der Waals surface area (Å²) in [6.07, 6.45) is 1.86. The molecule has 4 rings (SSSR count). The molecule has 7 nitrogen and oxygen atoms in total. The Morgan fingerprint density at radius 1 is 1.25 bits per heavy atom. The number of rotatable bonds is 2. The second-order valence-corrected chi connectivity index (χ2v) is 5.51. The van der Waals surface area contributed by atoms with Gasteiger partial charge in [-0.1, -0.05) is 12.1 Å². The van der Waals surface area contributed by atoms with E-state index in [1.807, 2.05) is 30.3 Å². The Balaban J connectivity index is 1.83. The summed E-state index contributed by atoms with van der Waals surface area (Å²) in [5.74, 6) is -0.0774. The van der Waals surface area contributed by atoms with Crippen LogP contribution in [0, 0.1) is 0 Å². The number of aromatic amines is 1. The summed E-state index contributed by atoms with van der Waals surface area (Å²) in [4.78, 5) is 14.1. The fourth-order valence-electron chi connectivity index (χ4n) is 2.71. The molecule has 0 fully saturated rings. The van der Waals surface area contributed by atoms with Gasteiger partial charge in [0.05, 0.1) is 5.52 Å². The molecule has 2 aromatic carbocycles. The Morgan fingerprint density at radius 2 is 2.12 bits per heavy atom. The molecule has 0 aliphatic carbocycles. The van der Waals surface area contributed by atoms with Crippen LogP contribution in [0.15, 0.2) is 51.8 Å². The van der Waals surface area contributed by atoms with Crippen LogP contribution < -0.4 is 15.9 Å². The molecule has 1 amide bonds. The minimum Gasteiger partial charge on any atom is -0.494 e. The van der Waals surface area contributed by atoms with Crippen molar-refractivity contribution in [1.29, 1.82) is 0 Å². The van der Waals surface area contributed by atoms with Crippen LogP contribution in [-0.2, 0) is 4.79 Å². The van der Waals surface area contributed by atoms with E-state index in [0.717, 1.165) is 21.5 Å². The number of hydrogen-bond donors (Lipinski definition) is 3. The highest BCUT2D eigenvalue weighted by Gasteiger charge is 2.10. The molecule has 0 saturated heterocycles. The molecule has 7 heteroatoms. The van der Waals surface area contributed by atoms with Gasteiger partial charge in [-0.3, -0.25) is 4.79 Å². The lowest BCUT2D eigenvalue weighted by molar-refractivity contribution is -0.114. The summed E-state index contributed by atoms with van der Waals surface area (Å²) in [7, 11) is 0. The van der Waals surface area contributed by atoms with E-state index in [1.54, 1.807) is 12.1 Å². The highest BCUT2D eigenvalue weighted by Crippen LogP contribution is 2.29. The number of H-pyrrole nitrogens is 1. The van der Waals surface area contributed by atoms with Crippen molar-refractivity contribution in [1.82, 2.24) is 4.98 Å². The summed E-state index contributed by atoms with van der Waals surface area (Å²) >= 11 is 0. The number of amides is 1. The Morgan fingerprint density at radius 3 is 2.96 bits per heavy atom. The Bertz CT molecular complexity index is 1130. The van der Waals surface area contributed by atoms with Crippen LogP contribution in [0.1, 0.15) is 12.5 Å². The smallest absolute Gasteiger partial charge is 0.221 e. The standard InChI is InChI=1S/C17H13N5O2/c1-9(23)18-11-3-4-12-13(17(24)19-15(12)8-11)6-10-2-5-14-16(7-10)21-22-20-14/h2-8,19,24H,1H3,(H,18,23). The molecule has 0 unspecified atom stereocenters. The summed E-state index contributed by atoms with van der Waals surface area (Å²) in [5.41, 5.74) is 2.78. The monoisotopic (exact) mass is 319 g/mol. The van der Waals surface area contributed by atoms with Gasteiger partial charge >= 0.3 is 0 Å². The fraction of sp³-hybridized carbons (Fsp3) is 0.0588. The predicted octanol–water partition coefficient (Wildman–Crippen LogP) is 2.29. The number of fused-ring (bicyclic) bond motifs is 2. The Hall–Kier alpha value is -3.48. The maximum Gasteiger partial charge on any atom is 0.221 e. The highest BCUT2D eigenvalue weighted by molar-refractivity contribution is 5.96. The minimum atomic E-state index is -0.144. The van der Waals surface area contributed by atoms with Crippen molar-refractivity contribution < 1.29 is 9.90 Å². The Labute approximate surface area is 136 Å². The molecule has 1 aliphatic heterocycles. The van der Waals surface area contributed by atoms with Crippen LogP contribution in [0.4, 0.5) is 11.4 Å². The topological polar surface area (TPSA) is 102 Å². The molecular weight excluding hydrogens is 306 g/mol. The van der Waals surface area contributed by atoms with Crippen molar-refractivity contribution >= 4 is 34.3 Å². The van der Waals surface area contributed by atoms with Crippen molar-refractivity contribution in [2.45, 2.75) is 6.92 Å². The van der Waals surface area contributed by atoms with Crippen LogP contribution in [0.3, 0.4) is 0 Å². The molecule has 2 heterocycles. The third-order valence-electron chi connectivity index (χ3n) is 3.75. The average molecular weight is 319 g/mol. The zero-order valence-electron chi connectivity index (χ0n) is 12.7. The van der Waals surface area contributed by atoms with Crippen molar-refractivity contribution in [2.75, 3.05) is 5.32 Å². The molecule has 0 spiro atoms. The van der Waals surface area contributed by atoms with Crippen LogP contribution in [0.25, 0.3) is 17.0 Å². The van der Waals surface area contributed by atoms with E-state index < -0.39 is 0 Å². The number of benzene rings is 2. The second-order valence-electron chi connectivity index (χ2n) is 5.51. The summed E-state index contributed by atoms with van der Waals surface area (Å²) < 4.78 is 0. The molecule has 1 aliphatic rings. The number of nitrogens with one attached hydrogen (secondary N) is 2. The quantitative estimate of drug-likeness (QED) is 0.675. The molecular formula is C17H13N5O2. The zero-order valence-corrected chi connectivity index (χ0v) is 12.7. The van der Waals surface area contributed by atoms with E-state index in [4.69, 9.17) is 0 Å². The average Bonchev–Trinajstić information content (AvgIpc) is 3.11. The number of nitrogens with zero attached hydrogens (tertiary/aromatic N) is 3. The summed E-state index contributed by atoms with van der Waals surface area (Å²) in [5, 5.41) is 26.9. The summed E-state index contributed by atoms with van der Waals surface area (Å²) in [6, 6.07) is 11.0. The molecule has 1 aromatic heterocycles. The zero-order chi connectivity index (χ0) is 16.7. The van der Waals surface area contributed by atoms with Crippen LogP contribution in [0.5, 0.6) is 5.88 Å². The van der Waals surface area contributed by atoms with Gasteiger partial charge in [0.2, 0.25) is 5.91 Å². The molecule has 3 aromatic rings. The number of aromatic hydroxyl groups is 1. The molecule has 0 atom stereocenters. The maximum atomic E-state index is 11.2. The SMILES string of the molecule is CC(=O)Nc1ccc2c(C=c3ccc4c(c3)N=NN=4)c(O)[nH]c2c1. The number of hydrogen-bond acceptors (Lipinski definition) is 5. The number of carbonyl (C=O) groups excluding carboxylic acids is 1. The second kappa shape index (κ2) is 5.31. The van der Waals surface area contributed by atoms with Gasteiger partial charge in [-0.05, 0) is 40.8 Å². The van der Waals surface area contributed by atoms with E-state index in [-0.39, 0.29) is 11.8 Å². The molecule has 3 N–H and O–H groups in total. The lowest BCUT2D eigenvalue weighted by atomic mass is 10.1. The van der Waals surface area contributed by atoms with Crippen molar-refractivity contribution in [2.24, 2.45) is 15.4 Å². The van der Waals surface area contributed by atoms with E-state index >= 15 is 0 Å². The van der Waals surface area contributed by atoms with Gasteiger partial charge in [-0.15, -0.1) is 10.2 Å². The third-order valence-corrected chi connectivity index (χ3v) is 3.75. The van der Waals surface area contributed by atoms with Gasteiger partial charge in [-0.25, -0.2) is 0 Å². The number of anilines is 1. The first-order valence-electron chi connectivity index (χ1n) is 7.33. The van der Waals surface area contributed by atoms with E-state index in [1.165, 1.54) is 6.92 Å². The minimum absolute atomic E-state index is 0.0665. The lowest BCUT2D eigenvalue weighted by Gasteiger charge is -2.01. The molecule has 0 saturated carbocycles. The first kappa shape index (κ1) is 14.1. The Kier molecular flexibility index (Phi) is 3.13. The van der Waals surface area contributed by atoms with E-state index in [9.17, 15) is 9.90 Å². The molecule has 0 bridgehead atoms. The third kappa shape index (κ3) is 2.41. The number of aromatic nitrogens is 1. The van der Waals surface area contributed by atoms with E-state index in [2.05, 4.69) is 25.7 Å². The highest BCUT2D eigenvalue weighted by atomic mass is 16.3. The maximum absolute atomic E-state index is 11.2. The van der Waals surface area contributed by atoms with Crippen molar-refractivity contribution in [3.05, 3.63) is 52.5 Å². The lowest BCUT2D eigenvalue weighted by Crippen LogP contribution is -2.06. The van der Waals surface area contributed by atoms with Crippen molar-refractivity contribution in [3.63, 3.8) is 0 Å². The molecule has 24 heavy (non-hydrogen) atoms. The fourth-order valence-corrected chi connectivity index (χ4v) is 2.71. The number of carbonyl (C=O) groups is 1. The first-order valence-corrected chi connectivity index (χ1v) is 7.33. The van der Waals surface area contributed by atoms with Crippen LogP contribution >= 0.6 is 0 Å². The van der Waals surface area contributed by atoms with Gasteiger partial charge < -0.3 is 15.4 Å².